The van der Waals surface area contributed by atoms with Gasteiger partial charge in [-0.15, -0.1) is 5.10 Å². The third kappa shape index (κ3) is 4.83. The molecule has 0 N–H and O–H groups in total. The summed E-state index contributed by atoms with van der Waals surface area (Å²) in [4.78, 5) is 0. The fourth-order valence-corrected chi connectivity index (χ4v) is 2.79. The Kier molecular flexibility index (Phi) is 5.28. The average Bonchev–Trinajstić information content (AvgIpc) is 3.09. The van der Waals surface area contributed by atoms with Crippen molar-refractivity contribution in [2.24, 2.45) is 14.1 Å². The van der Waals surface area contributed by atoms with Crippen LogP contribution in [-0.2, 0) is 26.4 Å². The quantitative estimate of drug-likeness (QED) is 0.456. The summed E-state index contributed by atoms with van der Waals surface area (Å²) in [6.07, 6.45) is -9.25. The topological polar surface area (TPSA) is 54.1 Å². The summed E-state index contributed by atoms with van der Waals surface area (Å²) < 4.78 is 89.6. The number of benzene rings is 1. The van der Waals surface area contributed by atoms with Crippen LogP contribution in [-0.4, -0.2) is 19.6 Å². The van der Waals surface area contributed by atoms with Crippen LogP contribution >= 0.6 is 15.9 Å². The number of aryl methyl sites for hydroxylation is 2. The standard InChI is InChI=1S/C16H11BrF6N4O2/c1-26-12(16(21,22)23)7-13(25-26)28-9-3-8(17)4-10(5-9)29-14-6-11(15(18,19)20)24-27(14)2/h3-7H,1-2H3. The molecule has 0 fully saturated rings. The lowest BCUT2D eigenvalue weighted by atomic mass is 10.3. The molecule has 0 aliphatic rings. The summed E-state index contributed by atoms with van der Waals surface area (Å²) >= 11 is 3.18. The number of hydrogen-bond donors (Lipinski definition) is 0. The minimum atomic E-state index is -4.64. The van der Waals surface area contributed by atoms with Crippen LogP contribution in [0.3, 0.4) is 0 Å². The van der Waals surface area contributed by atoms with Crippen molar-refractivity contribution in [3.05, 3.63) is 46.2 Å². The summed E-state index contributed by atoms with van der Waals surface area (Å²) in [5, 5.41) is 6.97. The van der Waals surface area contributed by atoms with E-state index in [9.17, 15) is 26.3 Å². The average molecular weight is 485 g/mol. The Morgan fingerprint density at radius 1 is 0.793 bits per heavy atom. The highest BCUT2D eigenvalue weighted by Crippen LogP contribution is 2.36. The van der Waals surface area contributed by atoms with E-state index >= 15 is 0 Å². The van der Waals surface area contributed by atoms with Crippen LogP contribution in [0.2, 0.25) is 0 Å². The van der Waals surface area contributed by atoms with Crippen molar-refractivity contribution < 1.29 is 35.8 Å². The highest BCUT2D eigenvalue weighted by Gasteiger charge is 2.36. The Morgan fingerprint density at radius 2 is 1.41 bits per heavy atom. The Balaban J connectivity index is 1.85. The van der Waals surface area contributed by atoms with E-state index in [1.165, 1.54) is 25.2 Å². The van der Waals surface area contributed by atoms with Crippen molar-refractivity contribution in [3.63, 3.8) is 0 Å². The highest BCUT2D eigenvalue weighted by atomic mass is 79.9. The summed E-state index contributed by atoms with van der Waals surface area (Å²) in [6.45, 7) is 0. The maximum Gasteiger partial charge on any atom is 0.435 e. The molecule has 1 aromatic carbocycles. The van der Waals surface area contributed by atoms with Crippen molar-refractivity contribution in [2.75, 3.05) is 0 Å². The van der Waals surface area contributed by atoms with Crippen LogP contribution in [0, 0.1) is 0 Å². The lowest BCUT2D eigenvalue weighted by Gasteiger charge is -2.08. The van der Waals surface area contributed by atoms with Crippen molar-refractivity contribution in [2.45, 2.75) is 12.4 Å². The normalized spacial score (nSPS) is 12.3. The van der Waals surface area contributed by atoms with Gasteiger partial charge in [-0.25, -0.2) is 4.68 Å². The van der Waals surface area contributed by atoms with Gasteiger partial charge in [-0.05, 0) is 12.1 Å². The van der Waals surface area contributed by atoms with Gasteiger partial charge >= 0.3 is 12.4 Å². The molecular weight excluding hydrogens is 474 g/mol. The highest BCUT2D eigenvalue weighted by molar-refractivity contribution is 9.10. The number of halogens is 7. The molecule has 0 saturated heterocycles. The zero-order valence-corrected chi connectivity index (χ0v) is 16.2. The molecule has 13 heteroatoms. The van der Waals surface area contributed by atoms with Crippen molar-refractivity contribution in [1.82, 2.24) is 19.6 Å². The first-order chi connectivity index (χ1) is 13.3. The molecule has 0 spiro atoms. The third-order valence-electron chi connectivity index (χ3n) is 3.56. The summed E-state index contributed by atoms with van der Waals surface area (Å²) in [6, 6.07) is 5.59. The summed E-state index contributed by atoms with van der Waals surface area (Å²) in [5.41, 5.74) is -2.14. The predicted molar refractivity (Wildman–Crippen MR) is 90.7 cm³/mol. The van der Waals surface area contributed by atoms with Crippen molar-refractivity contribution in [1.29, 1.82) is 0 Å². The zero-order chi connectivity index (χ0) is 21.6. The van der Waals surface area contributed by atoms with E-state index in [4.69, 9.17) is 9.47 Å². The molecule has 2 heterocycles. The van der Waals surface area contributed by atoms with Gasteiger partial charge in [0.25, 0.3) is 0 Å². The van der Waals surface area contributed by atoms with Gasteiger partial charge in [-0.3, -0.25) is 4.68 Å². The Labute approximate surface area is 167 Å². The van der Waals surface area contributed by atoms with E-state index in [1.807, 2.05) is 0 Å². The molecule has 2 aromatic heterocycles. The fourth-order valence-electron chi connectivity index (χ4n) is 2.34. The van der Waals surface area contributed by atoms with E-state index in [1.54, 1.807) is 0 Å². The molecule has 0 aliphatic carbocycles. The van der Waals surface area contributed by atoms with Gasteiger partial charge in [0.2, 0.25) is 11.8 Å². The Bertz CT molecular complexity index is 1040. The third-order valence-corrected chi connectivity index (χ3v) is 4.02. The van der Waals surface area contributed by atoms with E-state index in [-0.39, 0.29) is 23.3 Å². The summed E-state index contributed by atoms with van der Waals surface area (Å²) in [7, 11) is 2.39. The molecular formula is C16H11BrF6N4O2. The molecule has 156 valence electrons. The number of nitrogens with zero attached hydrogens (tertiary/aromatic N) is 4. The van der Waals surface area contributed by atoms with Crippen LogP contribution in [0.25, 0.3) is 0 Å². The van der Waals surface area contributed by atoms with E-state index in [0.29, 0.717) is 9.15 Å². The van der Waals surface area contributed by atoms with Gasteiger partial charge in [0.15, 0.2) is 5.69 Å². The van der Waals surface area contributed by atoms with Crippen LogP contribution < -0.4 is 9.47 Å². The Hall–Kier alpha value is -2.70. The number of ether oxygens (including phenoxy) is 2. The smallest absolute Gasteiger partial charge is 0.435 e. The van der Waals surface area contributed by atoms with E-state index < -0.39 is 23.7 Å². The summed E-state index contributed by atoms with van der Waals surface area (Å²) in [5.74, 6) is -0.389. The molecule has 3 rings (SSSR count). The molecule has 29 heavy (non-hydrogen) atoms. The molecule has 0 atom stereocenters. The second-order valence-corrected chi connectivity index (χ2v) is 6.72. The van der Waals surface area contributed by atoms with Crippen molar-refractivity contribution >= 4 is 15.9 Å². The fraction of sp³-hybridized carbons (Fsp3) is 0.250. The van der Waals surface area contributed by atoms with Crippen LogP contribution in [0.4, 0.5) is 26.3 Å². The first-order valence-corrected chi connectivity index (χ1v) is 8.51. The van der Waals surface area contributed by atoms with E-state index in [2.05, 4.69) is 26.1 Å². The molecule has 0 aliphatic heterocycles. The molecule has 0 saturated carbocycles. The largest absolute Gasteiger partial charge is 0.439 e. The first kappa shape index (κ1) is 21.0. The molecule has 3 aromatic rings. The molecule has 6 nitrogen and oxygen atoms in total. The molecule has 0 bridgehead atoms. The number of rotatable bonds is 4. The molecule has 0 radical (unpaired) electrons. The number of hydrogen-bond acceptors (Lipinski definition) is 4. The molecule has 0 unspecified atom stereocenters. The molecule has 0 amide bonds. The van der Waals surface area contributed by atoms with Crippen LogP contribution in [0.15, 0.2) is 34.8 Å². The minimum Gasteiger partial charge on any atom is -0.439 e. The van der Waals surface area contributed by atoms with Crippen LogP contribution in [0.5, 0.6) is 23.3 Å². The monoisotopic (exact) mass is 484 g/mol. The van der Waals surface area contributed by atoms with E-state index in [0.717, 1.165) is 23.9 Å². The van der Waals surface area contributed by atoms with Crippen molar-refractivity contribution in [3.8, 4) is 23.3 Å². The predicted octanol–water partition coefficient (Wildman–Crippen LogP) is 5.54. The zero-order valence-electron chi connectivity index (χ0n) is 14.6. The van der Waals surface area contributed by atoms with Gasteiger partial charge in [0.05, 0.1) is 0 Å². The maximum atomic E-state index is 12.9. The lowest BCUT2D eigenvalue weighted by molar-refractivity contribution is -0.143. The van der Waals surface area contributed by atoms with Gasteiger partial charge in [0, 0.05) is 36.8 Å². The van der Waals surface area contributed by atoms with Gasteiger partial charge < -0.3 is 9.47 Å². The lowest BCUT2D eigenvalue weighted by Crippen LogP contribution is -2.11. The SMILES string of the molecule is Cn1nc(C(F)(F)F)cc1Oc1cc(Br)cc(Oc2cc(C(F)(F)F)n(C)n2)c1. The van der Waals surface area contributed by atoms with Crippen LogP contribution in [0.1, 0.15) is 11.4 Å². The van der Waals surface area contributed by atoms with Gasteiger partial charge in [-0.1, -0.05) is 15.9 Å². The maximum absolute atomic E-state index is 12.9. The Morgan fingerprint density at radius 3 is 1.93 bits per heavy atom. The van der Waals surface area contributed by atoms with Gasteiger partial charge in [0.1, 0.15) is 17.2 Å². The second kappa shape index (κ2) is 7.28. The number of alkyl halides is 6. The minimum absolute atomic E-state index is 0.0550. The number of aromatic nitrogens is 4. The second-order valence-electron chi connectivity index (χ2n) is 5.81. The van der Waals surface area contributed by atoms with Gasteiger partial charge in [-0.2, -0.15) is 31.4 Å². The first-order valence-electron chi connectivity index (χ1n) is 7.71.